The summed E-state index contributed by atoms with van der Waals surface area (Å²) in [5, 5.41) is 11.9. The van der Waals surface area contributed by atoms with Gasteiger partial charge in [0.2, 0.25) is 10.0 Å². The lowest BCUT2D eigenvalue weighted by molar-refractivity contribution is 0.0921. The average molecular weight is 329 g/mol. The SMILES string of the molecule is CN(C)S(=O)(=O)C[C@@H]1COC[C@@H]1NC(=O)c1ccc(O)cn1. The third-order valence-electron chi connectivity index (χ3n) is 3.48. The first-order valence-electron chi connectivity index (χ1n) is 6.73. The van der Waals surface area contributed by atoms with Crippen molar-refractivity contribution in [3.8, 4) is 5.75 Å². The first-order chi connectivity index (χ1) is 10.3. The number of ether oxygens (including phenoxy) is 1. The molecule has 0 aromatic carbocycles. The Labute approximate surface area is 129 Å². The number of rotatable bonds is 5. The molecule has 0 bridgehead atoms. The summed E-state index contributed by atoms with van der Waals surface area (Å²) >= 11 is 0. The predicted octanol–water partition coefficient (Wildman–Crippen LogP) is -0.577. The smallest absolute Gasteiger partial charge is 0.270 e. The highest BCUT2D eigenvalue weighted by molar-refractivity contribution is 7.89. The van der Waals surface area contributed by atoms with E-state index in [0.29, 0.717) is 0 Å². The maximum atomic E-state index is 12.1. The van der Waals surface area contributed by atoms with Crippen molar-refractivity contribution >= 4 is 15.9 Å². The number of pyridine rings is 1. The van der Waals surface area contributed by atoms with Gasteiger partial charge in [0.15, 0.2) is 0 Å². The van der Waals surface area contributed by atoms with Crippen LogP contribution in [0.15, 0.2) is 18.3 Å². The summed E-state index contributed by atoms with van der Waals surface area (Å²) < 4.78 is 30.3. The summed E-state index contributed by atoms with van der Waals surface area (Å²) in [6, 6.07) is 2.37. The molecule has 2 atom stereocenters. The van der Waals surface area contributed by atoms with E-state index >= 15 is 0 Å². The van der Waals surface area contributed by atoms with Crippen LogP contribution in [0.2, 0.25) is 0 Å². The van der Waals surface area contributed by atoms with Crippen LogP contribution < -0.4 is 5.32 Å². The minimum absolute atomic E-state index is 0.0318. The van der Waals surface area contributed by atoms with Crippen molar-refractivity contribution in [2.24, 2.45) is 5.92 Å². The molecular weight excluding hydrogens is 310 g/mol. The molecule has 122 valence electrons. The van der Waals surface area contributed by atoms with E-state index in [4.69, 9.17) is 9.84 Å². The highest BCUT2D eigenvalue weighted by atomic mass is 32.2. The molecule has 0 unspecified atom stereocenters. The number of nitrogens with zero attached hydrogens (tertiary/aromatic N) is 2. The standard InChI is InChI=1S/C13H19N3O5S/c1-16(2)22(19,20)8-9-6-21-7-12(9)15-13(18)11-4-3-10(17)5-14-11/h3-5,9,12,17H,6-8H2,1-2H3,(H,15,18)/t9-,12-/m0/s1. The van der Waals surface area contributed by atoms with Crippen LogP contribution in [-0.4, -0.2) is 67.8 Å². The highest BCUT2D eigenvalue weighted by Gasteiger charge is 2.34. The number of aromatic hydroxyl groups is 1. The van der Waals surface area contributed by atoms with E-state index in [1.54, 1.807) is 0 Å². The quantitative estimate of drug-likeness (QED) is 0.748. The summed E-state index contributed by atoms with van der Waals surface area (Å²) in [7, 11) is -0.425. The van der Waals surface area contributed by atoms with Gasteiger partial charge < -0.3 is 15.2 Å². The zero-order valence-corrected chi connectivity index (χ0v) is 13.2. The van der Waals surface area contributed by atoms with Gasteiger partial charge in [-0.15, -0.1) is 0 Å². The Morgan fingerprint density at radius 3 is 2.77 bits per heavy atom. The minimum atomic E-state index is -3.37. The third-order valence-corrected chi connectivity index (χ3v) is 5.44. The van der Waals surface area contributed by atoms with Gasteiger partial charge in [0.05, 0.1) is 31.2 Å². The number of hydrogen-bond donors (Lipinski definition) is 2. The number of hydrogen-bond acceptors (Lipinski definition) is 6. The Morgan fingerprint density at radius 2 is 2.18 bits per heavy atom. The summed E-state index contributed by atoms with van der Waals surface area (Å²) in [6.45, 7) is 0.540. The van der Waals surface area contributed by atoms with Crippen LogP contribution in [0.25, 0.3) is 0 Å². The number of carbonyl (C=O) groups excluding carboxylic acids is 1. The molecule has 2 rings (SSSR count). The van der Waals surface area contributed by atoms with Crippen molar-refractivity contribution in [3.63, 3.8) is 0 Å². The summed E-state index contributed by atoms with van der Waals surface area (Å²) in [6.07, 6.45) is 1.17. The maximum Gasteiger partial charge on any atom is 0.270 e. The Bertz CT molecular complexity index is 630. The second kappa shape index (κ2) is 6.59. The largest absolute Gasteiger partial charge is 0.506 e. The molecule has 9 heteroatoms. The summed E-state index contributed by atoms with van der Waals surface area (Å²) in [4.78, 5) is 15.9. The molecule has 1 amide bonds. The number of nitrogens with one attached hydrogen (secondary N) is 1. The van der Waals surface area contributed by atoms with Gasteiger partial charge in [0.25, 0.3) is 5.91 Å². The monoisotopic (exact) mass is 329 g/mol. The van der Waals surface area contributed by atoms with Crippen molar-refractivity contribution in [2.75, 3.05) is 33.1 Å². The molecule has 22 heavy (non-hydrogen) atoms. The van der Waals surface area contributed by atoms with E-state index in [-0.39, 0.29) is 36.3 Å². The first kappa shape index (κ1) is 16.7. The predicted molar refractivity (Wildman–Crippen MR) is 78.9 cm³/mol. The molecule has 2 heterocycles. The average Bonchev–Trinajstić information content (AvgIpc) is 2.85. The third kappa shape index (κ3) is 3.93. The van der Waals surface area contributed by atoms with Gasteiger partial charge in [0.1, 0.15) is 11.4 Å². The van der Waals surface area contributed by atoms with Gasteiger partial charge in [-0.2, -0.15) is 0 Å². The Hall–Kier alpha value is -1.71. The molecule has 1 saturated heterocycles. The van der Waals surface area contributed by atoms with Crippen LogP contribution in [0.5, 0.6) is 5.75 Å². The molecule has 8 nitrogen and oxygen atoms in total. The Morgan fingerprint density at radius 1 is 1.45 bits per heavy atom. The molecule has 0 saturated carbocycles. The fourth-order valence-corrected chi connectivity index (χ4v) is 3.27. The van der Waals surface area contributed by atoms with Gasteiger partial charge in [0, 0.05) is 20.0 Å². The molecule has 0 aliphatic carbocycles. The van der Waals surface area contributed by atoms with Crippen LogP contribution in [-0.2, 0) is 14.8 Å². The number of sulfonamides is 1. The van der Waals surface area contributed by atoms with Crippen LogP contribution in [0, 0.1) is 5.92 Å². The van der Waals surface area contributed by atoms with E-state index in [1.807, 2.05) is 0 Å². The van der Waals surface area contributed by atoms with Crippen LogP contribution >= 0.6 is 0 Å². The summed E-state index contributed by atoms with van der Waals surface area (Å²) in [5.74, 6) is -0.861. The van der Waals surface area contributed by atoms with Gasteiger partial charge in [-0.3, -0.25) is 4.79 Å². The lowest BCUT2D eigenvalue weighted by Crippen LogP contribution is -2.43. The number of amides is 1. The van der Waals surface area contributed by atoms with E-state index in [2.05, 4.69) is 10.3 Å². The molecule has 1 aliphatic heterocycles. The first-order valence-corrected chi connectivity index (χ1v) is 8.34. The molecule has 1 aromatic heterocycles. The van der Waals surface area contributed by atoms with Crippen molar-refractivity contribution < 1.29 is 23.1 Å². The Kier molecular flexibility index (Phi) is 4.99. The van der Waals surface area contributed by atoms with E-state index in [0.717, 1.165) is 4.31 Å². The molecule has 1 aromatic rings. The second-order valence-corrected chi connectivity index (χ2v) is 7.57. The molecule has 0 radical (unpaired) electrons. The topological polar surface area (TPSA) is 109 Å². The zero-order chi connectivity index (χ0) is 16.3. The van der Waals surface area contributed by atoms with E-state index in [9.17, 15) is 13.2 Å². The molecule has 0 spiro atoms. The van der Waals surface area contributed by atoms with E-state index in [1.165, 1.54) is 32.4 Å². The Balaban J connectivity index is 2.02. The fraction of sp³-hybridized carbons (Fsp3) is 0.538. The van der Waals surface area contributed by atoms with Crippen LogP contribution in [0.3, 0.4) is 0 Å². The van der Waals surface area contributed by atoms with Crippen LogP contribution in [0.4, 0.5) is 0 Å². The maximum absolute atomic E-state index is 12.1. The van der Waals surface area contributed by atoms with Gasteiger partial charge in [-0.25, -0.2) is 17.7 Å². The molecular formula is C13H19N3O5S. The normalized spacial score (nSPS) is 22.0. The van der Waals surface area contributed by atoms with Gasteiger partial charge in [-0.1, -0.05) is 0 Å². The molecule has 1 aliphatic rings. The minimum Gasteiger partial charge on any atom is -0.506 e. The van der Waals surface area contributed by atoms with Gasteiger partial charge >= 0.3 is 0 Å². The van der Waals surface area contributed by atoms with Crippen LogP contribution in [0.1, 0.15) is 10.5 Å². The molecule has 1 fully saturated rings. The van der Waals surface area contributed by atoms with Crippen molar-refractivity contribution in [1.82, 2.24) is 14.6 Å². The lowest BCUT2D eigenvalue weighted by atomic mass is 10.1. The second-order valence-electron chi connectivity index (χ2n) is 5.34. The summed E-state index contributed by atoms with van der Waals surface area (Å²) in [5.41, 5.74) is 0.152. The van der Waals surface area contributed by atoms with Crippen molar-refractivity contribution in [3.05, 3.63) is 24.0 Å². The lowest BCUT2D eigenvalue weighted by Gasteiger charge is -2.20. The van der Waals surface area contributed by atoms with Gasteiger partial charge in [-0.05, 0) is 12.1 Å². The fourth-order valence-electron chi connectivity index (χ4n) is 2.10. The van der Waals surface area contributed by atoms with Crippen molar-refractivity contribution in [2.45, 2.75) is 6.04 Å². The highest BCUT2D eigenvalue weighted by Crippen LogP contribution is 2.18. The molecule has 2 N–H and O–H groups in total. The number of aromatic nitrogens is 1. The van der Waals surface area contributed by atoms with E-state index < -0.39 is 22.0 Å². The number of carbonyl (C=O) groups is 1. The van der Waals surface area contributed by atoms with Crippen molar-refractivity contribution in [1.29, 1.82) is 0 Å². The zero-order valence-electron chi connectivity index (χ0n) is 12.4.